The molecular formula is C18H18N2O5. The van der Waals surface area contributed by atoms with Gasteiger partial charge >= 0.3 is 6.09 Å². The number of carbonyl (C=O) groups excluding carboxylic acids is 1. The molecule has 0 aliphatic carbocycles. The monoisotopic (exact) mass is 342 g/mol. The molecule has 130 valence electrons. The Kier molecular flexibility index (Phi) is 6.67. The lowest BCUT2D eigenvalue weighted by molar-refractivity contribution is -0.385. The third-order valence-electron chi connectivity index (χ3n) is 3.36. The van der Waals surface area contributed by atoms with Crippen molar-refractivity contribution < 1.29 is 19.6 Å². The molecule has 25 heavy (non-hydrogen) atoms. The average molecular weight is 342 g/mol. The molecule has 2 aromatic rings. The second-order valence-electron chi connectivity index (χ2n) is 5.15. The normalized spacial score (nSPS) is 10.6. The van der Waals surface area contributed by atoms with Gasteiger partial charge in [0.25, 0.3) is 5.69 Å². The van der Waals surface area contributed by atoms with Gasteiger partial charge in [-0.1, -0.05) is 48.6 Å². The van der Waals surface area contributed by atoms with Crippen molar-refractivity contribution >= 4 is 17.9 Å². The first-order chi connectivity index (χ1) is 12.1. The first-order valence-corrected chi connectivity index (χ1v) is 7.59. The molecular weight excluding hydrogens is 324 g/mol. The van der Waals surface area contributed by atoms with E-state index >= 15 is 0 Å². The molecule has 0 heterocycles. The van der Waals surface area contributed by atoms with Gasteiger partial charge in [-0.2, -0.15) is 0 Å². The number of alkyl carbamates (subject to hydrolysis) is 1. The number of amides is 1. The summed E-state index contributed by atoms with van der Waals surface area (Å²) in [5.41, 5.74) is 1.61. The van der Waals surface area contributed by atoms with Crippen LogP contribution >= 0.6 is 0 Å². The number of carbonyl (C=O) groups is 1. The molecule has 2 N–H and O–H groups in total. The summed E-state index contributed by atoms with van der Waals surface area (Å²) in [5, 5.41) is 22.6. The Morgan fingerprint density at radius 2 is 2.00 bits per heavy atom. The lowest BCUT2D eigenvalue weighted by Gasteiger charge is -2.05. The van der Waals surface area contributed by atoms with Gasteiger partial charge in [-0.15, -0.1) is 0 Å². The van der Waals surface area contributed by atoms with Gasteiger partial charge in [0.15, 0.2) is 0 Å². The Labute approximate surface area is 144 Å². The van der Waals surface area contributed by atoms with Crippen LogP contribution in [0.3, 0.4) is 0 Å². The van der Waals surface area contributed by atoms with Crippen LogP contribution in [-0.4, -0.2) is 22.7 Å². The zero-order valence-corrected chi connectivity index (χ0v) is 13.4. The number of ether oxygens (including phenoxy) is 1. The average Bonchev–Trinajstić information content (AvgIpc) is 2.64. The fourth-order valence-electron chi connectivity index (χ4n) is 2.10. The van der Waals surface area contributed by atoms with Crippen molar-refractivity contribution in [1.82, 2.24) is 5.32 Å². The minimum atomic E-state index is -0.546. The molecule has 0 spiro atoms. The molecule has 2 rings (SSSR count). The maximum atomic E-state index is 11.6. The van der Waals surface area contributed by atoms with Crippen molar-refractivity contribution in [3.8, 4) is 0 Å². The van der Waals surface area contributed by atoms with E-state index in [1.165, 1.54) is 12.1 Å². The molecule has 0 atom stereocenters. The van der Waals surface area contributed by atoms with Crippen LogP contribution < -0.4 is 5.32 Å². The first kappa shape index (κ1) is 18.2. The highest BCUT2D eigenvalue weighted by Gasteiger charge is 2.12. The van der Waals surface area contributed by atoms with Crippen LogP contribution in [0.25, 0.3) is 6.08 Å². The Bertz CT molecular complexity index is 759. The molecule has 0 saturated carbocycles. The predicted molar refractivity (Wildman–Crippen MR) is 92.7 cm³/mol. The van der Waals surface area contributed by atoms with E-state index in [4.69, 9.17) is 9.84 Å². The van der Waals surface area contributed by atoms with E-state index < -0.39 is 17.6 Å². The summed E-state index contributed by atoms with van der Waals surface area (Å²) in [4.78, 5) is 22.0. The fraction of sp³-hybridized carbons (Fsp3) is 0.167. The van der Waals surface area contributed by atoms with Gasteiger partial charge in [0, 0.05) is 12.6 Å². The smallest absolute Gasteiger partial charge is 0.407 e. The molecule has 0 unspecified atom stereocenters. The molecule has 7 nitrogen and oxygen atoms in total. The molecule has 1 amide bonds. The van der Waals surface area contributed by atoms with E-state index in [1.807, 2.05) is 30.3 Å². The van der Waals surface area contributed by atoms with Crippen LogP contribution in [0.2, 0.25) is 0 Å². The van der Waals surface area contributed by atoms with E-state index in [0.29, 0.717) is 5.56 Å². The van der Waals surface area contributed by atoms with E-state index in [-0.39, 0.29) is 24.4 Å². The Balaban J connectivity index is 1.81. The zero-order chi connectivity index (χ0) is 18.1. The van der Waals surface area contributed by atoms with Crippen molar-refractivity contribution in [2.24, 2.45) is 0 Å². The number of benzene rings is 2. The van der Waals surface area contributed by atoms with Gasteiger partial charge < -0.3 is 15.2 Å². The number of hydrogen-bond acceptors (Lipinski definition) is 5. The lowest BCUT2D eigenvalue weighted by Crippen LogP contribution is -2.24. The molecule has 0 aliphatic rings. The van der Waals surface area contributed by atoms with Gasteiger partial charge in [-0.25, -0.2) is 4.79 Å². The number of hydrogen-bond donors (Lipinski definition) is 2. The molecule has 0 bridgehead atoms. The van der Waals surface area contributed by atoms with Crippen molar-refractivity contribution in [3.05, 3.63) is 81.4 Å². The number of nitrogens with one attached hydrogen (secondary N) is 1. The number of nitro groups is 1. The molecule has 0 fully saturated rings. The van der Waals surface area contributed by atoms with E-state index in [0.717, 1.165) is 5.56 Å². The number of rotatable bonds is 7. The van der Waals surface area contributed by atoms with Gasteiger partial charge in [0.2, 0.25) is 0 Å². The zero-order valence-electron chi connectivity index (χ0n) is 13.4. The van der Waals surface area contributed by atoms with Gasteiger partial charge in [-0.3, -0.25) is 10.1 Å². The molecule has 0 aliphatic heterocycles. The van der Waals surface area contributed by atoms with Crippen LogP contribution in [0.1, 0.15) is 16.7 Å². The maximum absolute atomic E-state index is 11.6. The number of aliphatic hydroxyl groups excluding tert-OH is 1. The Morgan fingerprint density at radius 1 is 1.24 bits per heavy atom. The van der Waals surface area contributed by atoms with Crippen LogP contribution in [-0.2, 0) is 18.0 Å². The van der Waals surface area contributed by atoms with Crippen LogP contribution in [0, 0.1) is 10.1 Å². The van der Waals surface area contributed by atoms with Crippen molar-refractivity contribution in [3.63, 3.8) is 0 Å². The molecule has 0 saturated heterocycles. The summed E-state index contributed by atoms with van der Waals surface area (Å²) in [6, 6.07) is 13.8. The first-order valence-electron chi connectivity index (χ1n) is 7.59. The minimum absolute atomic E-state index is 0.139. The van der Waals surface area contributed by atoms with E-state index in [9.17, 15) is 14.9 Å². The topological polar surface area (TPSA) is 102 Å². The summed E-state index contributed by atoms with van der Waals surface area (Å²) in [7, 11) is 0. The highest BCUT2D eigenvalue weighted by atomic mass is 16.6. The third kappa shape index (κ3) is 5.74. The molecule has 0 aromatic heterocycles. The highest BCUT2D eigenvalue weighted by molar-refractivity contribution is 5.67. The Morgan fingerprint density at radius 3 is 2.68 bits per heavy atom. The van der Waals surface area contributed by atoms with Crippen molar-refractivity contribution in [2.45, 2.75) is 13.2 Å². The summed E-state index contributed by atoms with van der Waals surface area (Å²) in [6.45, 7) is 0.0174. The second kappa shape index (κ2) is 9.19. The van der Waals surface area contributed by atoms with Gasteiger partial charge in [0.1, 0.15) is 6.61 Å². The summed E-state index contributed by atoms with van der Waals surface area (Å²) in [6.07, 6.45) is 2.75. The fourth-order valence-corrected chi connectivity index (χ4v) is 2.10. The SMILES string of the molecule is O=C(NCC=Cc1ccc(CO)c([N+](=O)[O-])c1)OCc1ccccc1. The second-order valence-corrected chi connectivity index (χ2v) is 5.15. The molecule has 0 radical (unpaired) electrons. The lowest BCUT2D eigenvalue weighted by atomic mass is 10.1. The predicted octanol–water partition coefficient (Wildman–Crippen LogP) is 3.03. The number of nitro benzene ring substituents is 1. The van der Waals surface area contributed by atoms with Crippen LogP contribution in [0.15, 0.2) is 54.6 Å². The largest absolute Gasteiger partial charge is 0.445 e. The summed E-state index contributed by atoms with van der Waals surface area (Å²) in [5.74, 6) is 0. The van der Waals surface area contributed by atoms with Crippen LogP contribution in [0.5, 0.6) is 0 Å². The standard InChI is InChI=1S/C18H18N2O5/c21-12-16-9-8-14(11-17(16)20(23)24)7-4-10-19-18(22)25-13-15-5-2-1-3-6-15/h1-9,11,21H,10,12-13H2,(H,19,22). The number of aliphatic hydroxyl groups is 1. The third-order valence-corrected chi connectivity index (χ3v) is 3.36. The minimum Gasteiger partial charge on any atom is -0.445 e. The quantitative estimate of drug-likeness (QED) is 0.595. The van der Waals surface area contributed by atoms with E-state index in [2.05, 4.69) is 5.32 Å². The molecule has 7 heteroatoms. The van der Waals surface area contributed by atoms with Crippen molar-refractivity contribution in [2.75, 3.05) is 6.54 Å². The van der Waals surface area contributed by atoms with E-state index in [1.54, 1.807) is 18.2 Å². The highest BCUT2D eigenvalue weighted by Crippen LogP contribution is 2.21. The van der Waals surface area contributed by atoms with Gasteiger partial charge in [-0.05, 0) is 17.2 Å². The van der Waals surface area contributed by atoms with Gasteiger partial charge in [0.05, 0.1) is 17.1 Å². The Hall–Kier alpha value is -3.19. The maximum Gasteiger partial charge on any atom is 0.407 e. The number of nitrogens with zero attached hydrogens (tertiary/aromatic N) is 1. The summed E-state index contributed by atoms with van der Waals surface area (Å²) < 4.78 is 5.06. The molecule has 2 aromatic carbocycles. The summed E-state index contributed by atoms with van der Waals surface area (Å²) >= 11 is 0. The van der Waals surface area contributed by atoms with Crippen LogP contribution in [0.4, 0.5) is 10.5 Å². The van der Waals surface area contributed by atoms with Crippen molar-refractivity contribution in [1.29, 1.82) is 0 Å².